The van der Waals surface area contributed by atoms with E-state index in [0.717, 1.165) is 24.0 Å². The van der Waals surface area contributed by atoms with E-state index in [1.54, 1.807) is 0 Å². The van der Waals surface area contributed by atoms with Crippen LogP contribution in [0.4, 0.5) is 0 Å². The summed E-state index contributed by atoms with van der Waals surface area (Å²) in [6.45, 7) is 12.1. The molecular formula is C30H39NO4. The fourth-order valence-electron chi connectivity index (χ4n) is 6.85. The Balaban J connectivity index is 1.90. The van der Waals surface area contributed by atoms with Gasteiger partial charge >= 0.3 is 5.97 Å². The number of ether oxygens (including phenoxy) is 1. The highest BCUT2D eigenvalue weighted by molar-refractivity contribution is 5.89. The molecule has 1 saturated heterocycles. The van der Waals surface area contributed by atoms with Crippen molar-refractivity contribution in [3.05, 3.63) is 72.4 Å². The van der Waals surface area contributed by atoms with Crippen molar-refractivity contribution in [2.75, 3.05) is 0 Å². The molecule has 0 aromatic heterocycles. The minimum atomic E-state index is -1.13. The number of esters is 1. The summed E-state index contributed by atoms with van der Waals surface area (Å²) < 4.78 is 5.95. The maximum atomic E-state index is 14.1. The average Bonchev–Trinajstić information content (AvgIpc) is 3.08. The van der Waals surface area contributed by atoms with Gasteiger partial charge < -0.3 is 15.2 Å². The molecule has 0 bridgehead atoms. The van der Waals surface area contributed by atoms with Crippen molar-refractivity contribution in [3.8, 4) is 0 Å². The number of rotatable bonds is 3. The van der Waals surface area contributed by atoms with Crippen LogP contribution in [0.2, 0.25) is 0 Å². The van der Waals surface area contributed by atoms with Crippen molar-refractivity contribution in [1.29, 1.82) is 0 Å². The lowest BCUT2D eigenvalue weighted by atomic mass is 9.51. The molecule has 5 heteroatoms. The second-order valence-electron chi connectivity index (χ2n) is 11.0. The van der Waals surface area contributed by atoms with Crippen molar-refractivity contribution >= 4 is 11.9 Å². The van der Waals surface area contributed by atoms with E-state index in [0.29, 0.717) is 12.3 Å². The van der Waals surface area contributed by atoms with Gasteiger partial charge in [0.15, 0.2) is 0 Å². The van der Waals surface area contributed by atoms with Crippen LogP contribution in [0.5, 0.6) is 0 Å². The Morgan fingerprint density at radius 2 is 1.89 bits per heavy atom. The Bertz CT molecular complexity index is 1010. The van der Waals surface area contributed by atoms with Gasteiger partial charge in [-0.2, -0.15) is 0 Å². The molecule has 1 amide bonds. The molecule has 1 saturated carbocycles. The van der Waals surface area contributed by atoms with Gasteiger partial charge in [0.05, 0.1) is 6.10 Å². The third-order valence-electron chi connectivity index (χ3n) is 8.42. The Hall–Kier alpha value is -2.66. The van der Waals surface area contributed by atoms with E-state index >= 15 is 0 Å². The number of aliphatic hydroxyl groups is 1. The fourth-order valence-corrected chi connectivity index (χ4v) is 6.85. The van der Waals surface area contributed by atoms with Crippen LogP contribution in [-0.4, -0.2) is 35.2 Å². The molecule has 35 heavy (non-hydrogen) atoms. The number of carbonyl (C=O) groups is 2. The Morgan fingerprint density at radius 3 is 2.57 bits per heavy atom. The van der Waals surface area contributed by atoms with Crippen LogP contribution in [0.25, 0.3) is 0 Å². The first-order valence-electron chi connectivity index (χ1n) is 12.9. The van der Waals surface area contributed by atoms with E-state index in [1.165, 1.54) is 6.92 Å². The summed E-state index contributed by atoms with van der Waals surface area (Å²) in [5, 5.41) is 14.8. The van der Waals surface area contributed by atoms with Crippen LogP contribution in [-0.2, 0) is 20.7 Å². The summed E-state index contributed by atoms with van der Waals surface area (Å²) in [7, 11) is 0. The summed E-state index contributed by atoms with van der Waals surface area (Å²) in [5.74, 6) is -0.767. The second kappa shape index (κ2) is 10.1. The Kier molecular flexibility index (Phi) is 7.37. The molecule has 9 atom stereocenters. The molecule has 1 unspecified atom stereocenters. The molecule has 1 heterocycles. The zero-order chi connectivity index (χ0) is 25.3. The van der Waals surface area contributed by atoms with E-state index < -0.39 is 29.5 Å². The largest absolute Gasteiger partial charge is 0.457 e. The van der Waals surface area contributed by atoms with E-state index in [-0.39, 0.29) is 29.7 Å². The number of amides is 1. The van der Waals surface area contributed by atoms with Crippen molar-refractivity contribution in [2.24, 2.45) is 35.0 Å². The van der Waals surface area contributed by atoms with Gasteiger partial charge in [0, 0.05) is 24.8 Å². The number of carbonyl (C=O) groups excluding carboxylic acids is 2. The maximum absolute atomic E-state index is 14.1. The van der Waals surface area contributed by atoms with Gasteiger partial charge in [0.25, 0.3) is 0 Å². The van der Waals surface area contributed by atoms with Crippen LogP contribution >= 0.6 is 0 Å². The summed E-state index contributed by atoms with van der Waals surface area (Å²) in [5.41, 5.74) is 0.729. The van der Waals surface area contributed by atoms with Crippen LogP contribution in [0.3, 0.4) is 0 Å². The van der Waals surface area contributed by atoms with Crippen molar-refractivity contribution in [3.63, 3.8) is 0 Å². The van der Waals surface area contributed by atoms with E-state index in [4.69, 9.17) is 4.74 Å². The van der Waals surface area contributed by atoms with Gasteiger partial charge in [-0.05, 0) is 54.2 Å². The third-order valence-corrected chi connectivity index (χ3v) is 8.42. The molecule has 188 valence electrons. The summed E-state index contributed by atoms with van der Waals surface area (Å²) in [6.07, 6.45) is 8.90. The molecule has 1 aromatic rings. The van der Waals surface area contributed by atoms with Crippen LogP contribution < -0.4 is 5.32 Å². The molecule has 2 fully saturated rings. The lowest BCUT2D eigenvalue weighted by Gasteiger charge is -2.52. The quantitative estimate of drug-likeness (QED) is 0.492. The van der Waals surface area contributed by atoms with Crippen LogP contribution in [0, 0.1) is 35.0 Å². The molecule has 1 aromatic carbocycles. The molecular weight excluding hydrogens is 438 g/mol. The van der Waals surface area contributed by atoms with Gasteiger partial charge in [0.2, 0.25) is 5.91 Å². The predicted molar refractivity (Wildman–Crippen MR) is 137 cm³/mol. The summed E-state index contributed by atoms with van der Waals surface area (Å²) in [4.78, 5) is 26.5. The molecule has 5 nitrogen and oxygen atoms in total. The smallest absolute Gasteiger partial charge is 0.303 e. The minimum Gasteiger partial charge on any atom is -0.457 e. The molecule has 2 aliphatic carbocycles. The summed E-state index contributed by atoms with van der Waals surface area (Å²) in [6, 6.07) is 9.94. The van der Waals surface area contributed by atoms with Gasteiger partial charge in [-0.15, -0.1) is 0 Å². The van der Waals surface area contributed by atoms with Crippen molar-refractivity contribution < 1.29 is 19.4 Å². The van der Waals surface area contributed by atoms with Gasteiger partial charge in [0.1, 0.15) is 11.5 Å². The summed E-state index contributed by atoms with van der Waals surface area (Å²) >= 11 is 0. The first-order valence-corrected chi connectivity index (χ1v) is 12.9. The highest BCUT2D eigenvalue weighted by Gasteiger charge is 2.68. The molecule has 1 aliphatic heterocycles. The first kappa shape index (κ1) is 25.4. The fraction of sp³-hybridized carbons (Fsp3) is 0.533. The molecule has 2 N–H and O–H groups in total. The zero-order valence-electron chi connectivity index (χ0n) is 21.3. The van der Waals surface area contributed by atoms with Gasteiger partial charge in [-0.3, -0.25) is 9.59 Å². The lowest BCUT2D eigenvalue weighted by molar-refractivity contribution is -0.166. The van der Waals surface area contributed by atoms with E-state index in [9.17, 15) is 14.7 Å². The Labute approximate surface area is 209 Å². The monoisotopic (exact) mass is 477 g/mol. The van der Waals surface area contributed by atoms with Crippen molar-refractivity contribution in [1.82, 2.24) is 5.32 Å². The highest BCUT2D eigenvalue weighted by Crippen LogP contribution is 2.58. The van der Waals surface area contributed by atoms with Crippen molar-refractivity contribution in [2.45, 2.75) is 65.2 Å². The molecule has 0 radical (unpaired) electrons. The zero-order valence-corrected chi connectivity index (χ0v) is 21.3. The number of benzene rings is 1. The minimum absolute atomic E-state index is 0.143. The Morgan fingerprint density at radius 1 is 1.17 bits per heavy atom. The van der Waals surface area contributed by atoms with Crippen LogP contribution in [0.1, 0.15) is 46.1 Å². The predicted octanol–water partition coefficient (Wildman–Crippen LogP) is 4.62. The number of hydrogen-bond acceptors (Lipinski definition) is 4. The number of aliphatic hydroxyl groups excluding tert-OH is 1. The third kappa shape index (κ3) is 4.63. The molecule has 4 rings (SSSR count). The lowest BCUT2D eigenvalue weighted by Crippen LogP contribution is -2.60. The first-order chi connectivity index (χ1) is 16.7. The normalized spacial score (nSPS) is 41.1. The number of allylic oxidation sites excluding steroid dienone is 2. The second-order valence-corrected chi connectivity index (χ2v) is 11.0. The molecule has 3 aliphatic rings. The van der Waals surface area contributed by atoms with Gasteiger partial charge in [-0.25, -0.2) is 0 Å². The topological polar surface area (TPSA) is 75.6 Å². The van der Waals surface area contributed by atoms with E-state index in [2.05, 4.69) is 50.0 Å². The number of nitrogens with one attached hydrogen (secondary N) is 1. The SMILES string of the molecule is C=C1[C@@H](C)[C@H]2[C@H](Cc3ccccc3)NC(=O)[C@]23[C@H](OC(C)=O)/C=C/[C@@H](C)CC(C)C/C=C/[C@H]3[C@@H]1O. The highest BCUT2D eigenvalue weighted by atomic mass is 16.5. The van der Waals surface area contributed by atoms with Crippen LogP contribution in [0.15, 0.2) is 66.8 Å². The molecule has 1 spiro atoms. The van der Waals surface area contributed by atoms with Gasteiger partial charge in [-0.1, -0.05) is 75.9 Å². The maximum Gasteiger partial charge on any atom is 0.303 e. The average molecular weight is 478 g/mol. The standard InChI is InChI=1S/C30H39NO4/c1-18-10-9-13-24-28(33)21(4)20(3)27-25(17-23-11-7-6-8-12-23)31-29(34)30(24,27)26(35-22(5)32)15-14-19(2)16-18/h6-9,11-15,18-20,24-28,33H,4,10,16-17H2,1-3,5H3,(H,31,34)/b13-9+,15-14+/t18?,19-,20-,24+,25+,26-,27+,28-,30-/m1/s1. The number of hydrogen-bond donors (Lipinski definition) is 2. The van der Waals surface area contributed by atoms with E-state index in [1.807, 2.05) is 37.3 Å².